The summed E-state index contributed by atoms with van der Waals surface area (Å²) < 4.78 is 0. The van der Waals surface area contributed by atoms with Crippen LogP contribution in [-0.4, -0.2) is 18.1 Å². The summed E-state index contributed by atoms with van der Waals surface area (Å²) in [5.74, 6) is 0.0522. The van der Waals surface area contributed by atoms with Crippen LogP contribution in [0.3, 0.4) is 0 Å². The lowest BCUT2D eigenvalue weighted by Crippen LogP contribution is -2.45. The van der Waals surface area contributed by atoms with Gasteiger partial charge in [0, 0.05) is 0 Å². The molecule has 1 unspecified atom stereocenters. The second kappa shape index (κ2) is 3.18. The summed E-state index contributed by atoms with van der Waals surface area (Å²) in [6, 6.07) is 10.0. The van der Waals surface area contributed by atoms with E-state index >= 15 is 0 Å². The number of carbonyl (C=O) groups is 1. The molecule has 0 bridgehead atoms. The Labute approximate surface area is 76.9 Å². The third-order valence-electron chi connectivity index (χ3n) is 2.28. The number of carbonyl (C=O) groups excluding carboxylic acids is 1. The van der Waals surface area contributed by atoms with Gasteiger partial charge >= 0.3 is 0 Å². The molecule has 3 nitrogen and oxygen atoms in total. The second-order valence-corrected chi connectivity index (χ2v) is 3.03. The van der Waals surface area contributed by atoms with Gasteiger partial charge in [0.05, 0.1) is 19.6 Å². The van der Waals surface area contributed by atoms with Crippen molar-refractivity contribution in [2.45, 2.75) is 12.5 Å². The van der Waals surface area contributed by atoms with Crippen LogP contribution in [0.25, 0.3) is 0 Å². The van der Waals surface area contributed by atoms with E-state index in [2.05, 4.69) is 0 Å². The smallest absolute Gasteiger partial charge is 0.249 e. The summed E-state index contributed by atoms with van der Waals surface area (Å²) in [7, 11) is 1.52. The van der Waals surface area contributed by atoms with Crippen molar-refractivity contribution in [2.75, 3.05) is 7.11 Å². The Morgan fingerprint density at radius 1 is 1.38 bits per heavy atom. The number of β-lactam (4-membered cyclic amide) rings is 1. The molecule has 1 fully saturated rings. The monoisotopic (exact) mass is 177 g/mol. The molecule has 0 aliphatic carbocycles. The number of hydroxylamine groups is 2. The fourth-order valence-electron chi connectivity index (χ4n) is 1.56. The highest BCUT2D eigenvalue weighted by Gasteiger charge is 2.37. The molecule has 1 aliphatic heterocycles. The molecule has 1 saturated heterocycles. The van der Waals surface area contributed by atoms with E-state index in [1.807, 2.05) is 30.3 Å². The highest BCUT2D eigenvalue weighted by molar-refractivity contribution is 5.82. The largest absolute Gasteiger partial charge is 0.274 e. The van der Waals surface area contributed by atoms with Crippen LogP contribution in [0.4, 0.5) is 0 Å². The number of benzene rings is 1. The molecule has 1 aromatic rings. The van der Waals surface area contributed by atoms with E-state index in [1.165, 1.54) is 12.2 Å². The minimum absolute atomic E-state index is 0.0522. The van der Waals surface area contributed by atoms with Crippen LogP contribution in [-0.2, 0) is 9.63 Å². The highest BCUT2D eigenvalue weighted by Crippen LogP contribution is 2.33. The van der Waals surface area contributed by atoms with Crippen molar-refractivity contribution in [3.05, 3.63) is 35.9 Å². The summed E-state index contributed by atoms with van der Waals surface area (Å²) in [5.41, 5.74) is 1.13. The number of hydrogen-bond donors (Lipinski definition) is 0. The quantitative estimate of drug-likeness (QED) is 0.641. The average molecular weight is 177 g/mol. The maximum Gasteiger partial charge on any atom is 0.249 e. The first-order valence-electron chi connectivity index (χ1n) is 4.24. The molecule has 0 spiro atoms. The molecule has 0 radical (unpaired) electrons. The van der Waals surface area contributed by atoms with Gasteiger partial charge in [0.15, 0.2) is 0 Å². The Bertz CT molecular complexity index is 310. The van der Waals surface area contributed by atoms with E-state index in [1.54, 1.807) is 0 Å². The van der Waals surface area contributed by atoms with E-state index < -0.39 is 0 Å². The fraction of sp³-hybridized carbons (Fsp3) is 0.300. The molecule has 68 valence electrons. The summed E-state index contributed by atoms with van der Waals surface area (Å²) in [6.45, 7) is 0. The SMILES string of the molecule is CON1C(=O)CC1c1ccccc1. The zero-order valence-corrected chi connectivity index (χ0v) is 7.43. The fourth-order valence-corrected chi connectivity index (χ4v) is 1.56. The molecule has 3 heteroatoms. The molecule has 0 N–H and O–H groups in total. The molecule has 1 aromatic carbocycles. The van der Waals surface area contributed by atoms with E-state index in [0.717, 1.165) is 5.56 Å². The number of rotatable bonds is 2. The van der Waals surface area contributed by atoms with Gasteiger partial charge in [-0.15, -0.1) is 0 Å². The first-order chi connectivity index (χ1) is 6.33. The lowest BCUT2D eigenvalue weighted by Gasteiger charge is -2.37. The van der Waals surface area contributed by atoms with Gasteiger partial charge in [-0.05, 0) is 5.56 Å². The van der Waals surface area contributed by atoms with Crippen molar-refractivity contribution in [3.63, 3.8) is 0 Å². The van der Waals surface area contributed by atoms with Crippen LogP contribution >= 0.6 is 0 Å². The van der Waals surface area contributed by atoms with Gasteiger partial charge in [0.1, 0.15) is 0 Å². The van der Waals surface area contributed by atoms with Gasteiger partial charge < -0.3 is 0 Å². The van der Waals surface area contributed by atoms with E-state index in [0.29, 0.717) is 6.42 Å². The summed E-state index contributed by atoms with van der Waals surface area (Å²) >= 11 is 0. The summed E-state index contributed by atoms with van der Waals surface area (Å²) in [6.07, 6.45) is 0.553. The molecule has 1 atom stereocenters. The number of nitrogens with zero attached hydrogens (tertiary/aromatic N) is 1. The van der Waals surface area contributed by atoms with Crippen molar-refractivity contribution < 1.29 is 9.63 Å². The van der Waals surface area contributed by atoms with Crippen LogP contribution in [0, 0.1) is 0 Å². The predicted molar refractivity (Wildman–Crippen MR) is 47.7 cm³/mol. The molecular weight excluding hydrogens is 166 g/mol. The van der Waals surface area contributed by atoms with E-state index in [-0.39, 0.29) is 11.9 Å². The lowest BCUT2D eigenvalue weighted by atomic mass is 9.97. The zero-order valence-electron chi connectivity index (χ0n) is 7.43. The van der Waals surface area contributed by atoms with Crippen molar-refractivity contribution in [2.24, 2.45) is 0 Å². The van der Waals surface area contributed by atoms with Crippen molar-refractivity contribution in [1.82, 2.24) is 5.06 Å². The normalized spacial score (nSPS) is 21.5. The molecule has 1 heterocycles. The van der Waals surface area contributed by atoms with Crippen LogP contribution in [0.1, 0.15) is 18.0 Å². The van der Waals surface area contributed by atoms with Gasteiger partial charge in [-0.3, -0.25) is 9.63 Å². The zero-order chi connectivity index (χ0) is 9.26. The van der Waals surface area contributed by atoms with Crippen molar-refractivity contribution >= 4 is 5.91 Å². The predicted octanol–water partition coefficient (Wildman–Crippen LogP) is 1.52. The van der Waals surface area contributed by atoms with Gasteiger partial charge in [-0.2, -0.15) is 0 Å². The standard InChI is InChI=1S/C10H11NO2/c1-13-11-9(7-10(11)12)8-5-3-2-4-6-8/h2-6,9H,7H2,1H3. The molecule has 0 aromatic heterocycles. The third kappa shape index (κ3) is 1.31. The number of hydrogen-bond acceptors (Lipinski definition) is 2. The molecular formula is C10H11NO2. The van der Waals surface area contributed by atoms with Crippen molar-refractivity contribution in [1.29, 1.82) is 0 Å². The molecule has 0 saturated carbocycles. The van der Waals surface area contributed by atoms with Gasteiger partial charge in [-0.1, -0.05) is 30.3 Å². The van der Waals surface area contributed by atoms with Gasteiger partial charge in [-0.25, -0.2) is 5.06 Å². The maximum atomic E-state index is 11.0. The highest BCUT2D eigenvalue weighted by atomic mass is 16.7. The van der Waals surface area contributed by atoms with Gasteiger partial charge in [0.2, 0.25) is 5.91 Å². The first-order valence-corrected chi connectivity index (χ1v) is 4.24. The van der Waals surface area contributed by atoms with Crippen LogP contribution in [0.2, 0.25) is 0 Å². The Morgan fingerprint density at radius 3 is 2.62 bits per heavy atom. The Balaban J connectivity index is 2.16. The lowest BCUT2D eigenvalue weighted by molar-refractivity contribution is -0.217. The Kier molecular flexibility index (Phi) is 2.02. The van der Waals surface area contributed by atoms with Crippen LogP contribution < -0.4 is 0 Å². The molecule has 2 rings (SSSR count). The van der Waals surface area contributed by atoms with Crippen LogP contribution in [0.15, 0.2) is 30.3 Å². The topological polar surface area (TPSA) is 29.5 Å². The minimum atomic E-state index is 0.0522. The van der Waals surface area contributed by atoms with E-state index in [4.69, 9.17) is 4.84 Å². The summed E-state index contributed by atoms with van der Waals surface area (Å²) in [4.78, 5) is 16.0. The van der Waals surface area contributed by atoms with E-state index in [9.17, 15) is 4.79 Å². The Hall–Kier alpha value is -1.35. The first kappa shape index (κ1) is 8.26. The summed E-state index contributed by atoms with van der Waals surface area (Å²) in [5, 5.41) is 1.41. The second-order valence-electron chi connectivity index (χ2n) is 3.03. The maximum absolute atomic E-state index is 11.0. The molecule has 13 heavy (non-hydrogen) atoms. The van der Waals surface area contributed by atoms with Crippen LogP contribution in [0.5, 0.6) is 0 Å². The minimum Gasteiger partial charge on any atom is -0.274 e. The molecule has 1 aliphatic rings. The van der Waals surface area contributed by atoms with Crippen molar-refractivity contribution in [3.8, 4) is 0 Å². The third-order valence-corrected chi connectivity index (χ3v) is 2.28. The Morgan fingerprint density at radius 2 is 2.08 bits per heavy atom. The number of amides is 1. The molecule has 1 amide bonds. The van der Waals surface area contributed by atoms with Gasteiger partial charge in [0.25, 0.3) is 0 Å². The average Bonchev–Trinajstić information content (AvgIpc) is 2.16.